The Morgan fingerprint density at radius 1 is 0.525 bits per heavy atom. The molecule has 9 heteroatoms. The highest BCUT2D eigenvalue weighted by atomic mass is 31.2. The monoisotopic (exact) mass is 856 g/mol. The molecule has 0 aromatic carbocycles. The molecule has 350 valence electrons. The number of hydrogen-bond donors (Lipinski definition) is 0. The Bertz CT molecular complexity index is 998. The van der Waals surface area contributed by atoms with Crippen molar-refractivity contribution in [3.05, 3.63) is 24.3 Å². The maximum Gasteiger partial charge on any atom is 0.306 e. The van der Waals surface area contributed by atoms with Gasteiger partial charge in [0.2, 0.25) is 0 Å². The van der Waals surface area contributed by atoms with E-state index < -0.39 is 13.9 Å². The van der Waals surface area contributed by atoms with E-state index in [4.69, 9.17) is 18.5 Å². The average molecular weight is 856 g/mol. The number of unbranched alkanes of at least 4 members (excludes halogenated alkanes) is 29. The minimum absolute atomic E-state index is 0.0261. The molecule has 0 saturated carbocycles. The van der Waals surface area contributed by atoms with Crippen LogP contribution in [0.5, 0.6) is 0 Å². The topological polar surface area (TPSA) is 94.1 Å². The predicted molar refractivity (Wildman–Crippen MR) is 250 cm³/mol. The summed E-state index contributed by atoms with van der Waals surface area (Å²) < 4.78 is 34.7. The lowest BCUT2D eigenvalue weighted by Gasteiger charge is -2.28. The Morgan fingerprint density at radius 2 is 0.932 bits per heavy atom. The van der Waals surface area contributed by atoms with Crippen molar-refractivity contribution in [2.24, 2.45) is 0 Å². The van der Waals surface area contributed by atoms with E-state index in [2.05, 4.69) is 38.2 Å². The van der Waals surface area contributed by atoms with Crippen molar-refractivity contribution in [1.29, 1.82) is 0 Å². The molecule has 8 nitrogen and oxygen atoms in total. The fourth-order valence-corrected chi connectivity index (χ4v) is 7.84. The number of likely N-dealkylation sites (N-methyl/N-ethyl adjacent to an activating group) is 1. The zero-order chi connectivity index (χ0) is 43.4. The van der Waals surface area contributed by atoms with Gasteiger partial charge in [-0.2, -0.15) is 0 Å². The Hall–Kier alpha value is -1.02. The van der Waals surface area contributed by atoms with Crippen LogP contribution in [-0.4, -0.2) is 70.7 Å². The summed E-state index contributed by atoms with van der Waals surface area (Å²) in [7, 11) is 1.36. The molecule has 0 rings (SSSR count). The maximum atomic E-state index is 12.7. The van der Waals surface area contributed by atoms with Gasteiger partial charge in [-0.15, -0.1) is 0 Å². The summed E-state index contributed by atoms with van der Waals surface area (Å²) in [6, 6.07) is 0. The van der Waals surface area contributed by atoms with Gasteiger partial charge in [0.1, 0.15) is 19.3 Å². The van der Waals surface area contributed by atoms with Gasteiger partial charge in [0.05, 0.1) is 34.4 Å². The number of phosphoric ester groups is 1. The second kappa shape index (κ2) is 43.6. The molecule has 0 aromatic heterocycles. The quantitative estimate of drug-likeness (QED) is 0.0198. The van der Waals surface area contributed by atoms with Crippen LogP contribution in [0.3, 0.4) is 0 Å². The highest BCUT2D eigenvalue weighted by Crippen LogP contribution is 2.38. The standard InChI is InChI=1S/C50H98NO7P/c1-6-8-10-12-14-16-18-20-22-24-25-26-27-29-31-33-35-37-39-41-43-50(52)58-49(48-57-59(53,54)56-46-44-51(3,4)5)47-55-45-42-40-38-36-34-32-30-28-23-21-19-17-15-13-11-9-7-2/h17,19,23,28,49H,6-16,18,20-22,24-27,29-48H2,1-5H3/b19-17-,28-23-. The number of allylic oxidation sites excluding steroid dienone is 4. The molecule has 0 aliphatic carbocycles. The molecule has 2 unspecified atom stereocenters. The Morgan fingerprint density at radius 3 is 1.39 bits per heavy atom. The smallest absolute Gasteiger partial charge is 0.306 e. The first kappa shape index (κ1) is 58.0. The first-order chi connectivity index (χ1) is 28.6. The highest BCUT2D eigenvalue weighted by molar-refractivity contribution is 7.45. The fraction of sp³-hybridized carbons (Fsp3) is 0.900. The van der Waals surface area contributed by atoms with Crippen molar-refractivity contribution in [2.75, 3.05) is 54.1 Å². The third kappa shape index (κ3) is 47.9. The number of ether oxygens (including phenoxy) is 2. The van der Waals surface area contributed by atoms with Gasteiger partial charge in [0, 0.05) is 13.0 Å². The number of rotatable bonds is 47. The summed E-state index contributed by atoms with van der Waals surface area (Å²) in [6.45, 7) is 5.42. The molecule has 0 N–H and O–H groups in total. The van der Waals surface area contributed by atoms with Crippen LogP contribution in [0.15, 0.2) is 24.3 Å². The lowest BCUT2D eigenvalue weighted by molar-refractivity contribution is -0.870. The molecular formula is C50H98NO7P. The molecule has 0 amide bonds. The Kier molecular flexibility index (Phi) is 42.9. The normalized spacial score (nSPS) is 13.8. The molecule has 0 aromatic rings. The summed E-state index contributed by atoms with van der Waals surface area (Å²) in [5.41, 5.74) is 0. The zero-order valence-corrected chi connectivity index (χ0v) is 40.6. The van der Waals surface area contributed by atoms with Crippen molar-refractivity contribution in [1.82, 2.24) is 0 Å². The Labute approximate surface area is 366 Å². The first-order valence-electron chi connectivity index (χ1n) is 25.1. The van der Waals surface area contributed by atoms with Crippen molar-refractivity contribution in [2.45, 2.75) is 238 Å². The maximum absolute atomic E-state index is 12.7. The van der Waals surface area contributed by atoms with Crippen LogP contribution in [0.25, 0.3) is 0 Å². The number of quaternary nitrogens is 1. The van der Waals surface area contributed by atoms with Gasteiger partial charge in [-0.25, -0.2) is 0 Å². The number of hydrogen-bond acceptors (Lipinski definition) is 7. The second-order valence-electron chi connectivity index (χ2n) is 18.2. The van der Waals surface area contributed by atoms with Crippen LogP contribution in [0.1, 0.15) is 232 Å². The Balaban J connectivity index is 4.14. The number of phosphoric acid groups is 1. The van der Waals surface area contributed by atoms with E-state index in [0.717, 1.165) is 44.9 Å². The molecule has 0 fully saturated rings. The van der Waals surface area contributed by atoms with Crippen LogP contribution < -0.4 is 4.89 Å². The van der Waals surface area contributed by atoms with Gasteiger partial charge < -0.3 is 27.9 Å². The molecule has 0 aliphatic heterocycles. The van der Waals surface area contributed by atoms with Crippen LogP contribution in [0.4, 0.5) is 0 Å². The van der Waals surface area contributed by atoms with Gasteiger partial charge in [-0.3, -0.25) is 9.36 Å². The third-order valence-corrected chi connectivity index (χ3v) is 12.0. The van der Waals surface area contributed by atoms with Crippen molar-refractivity contribution in [3.63, 3.8) is 0 Å². The molecule has 0 bridgehead atoms. The van der Waals surface area contributed by atoms with Gasteiger partial charge in [-0.05, 0) is 44.9 Å². The van der Waals surface area contributed by atoms with Crippen molar-refractivity contribution < 1.29 is 37.3 Å². The largest absolute Gasteiger partial charge is 0.756 e. The fourth-order valence-electron chi connectivity index (χ4n) is 7.11. The molecule has 2 atom stereocenters. The minimum atomic E-state index is -4.53. The first-order valence-corrected chi connectivity index (χ1v) is 26.5. The van der Waals surface area contributed by atoms with E-state index in [1.807, 2.05) is 21.1 Å². The summed E-state index contributed by atoms with van der Waals surface area (Å²) in [5.74, 6) is -0.333. The molecule has 0 saturated heterocycles. The van der Waals surface area contributed by atoms with E-state index in [1.54, 1.807) is 0 Å². The van der Waals surface area contributed by atoms with Crippen molar-refractivity contribution in [3.8, 4) is 0 Å². The van der Waals surface area contributed by atoms with E-state index in [1.165, 1.54) is 167 Å². The van der Waals surface area contributed by atoms with E-state index in [0.29, 0.717) is 24.1 Å². The predicted octanol–water partition coefficient (Wildman–Crippen LogP) is 14.5. The lowest BCUT2D eigenvalue weighted by atomic mass is 10.0. The molecule has 0 aliphatic rings. The summed E-state index contributed by atoms with van der Waals surface area (Å²) in [4.78, 5) is 25.1. The average Bonchev–Trinajstić information content (AvgIpc) is 3.19. The second-order valence-corrected chi connectivity index (χ2v) is 19.6. The zero-order valence-electron chi connectivity index (χ0n) is 39.7. The molecule has 59 heavy (non-hydrogen) atoms. The molecule has 0 heterocycles. The van der Waals surface area contributed by atoms with Crippen LogP contribution >= 0.6 is 7.82 Å². The number of carbonyl (C=O) groups excluding carboxylic acids is 1. The van der Waals surface area contributed by atoms with E-state index in [9.17, 15) is 14.3 Å². The highest BCUT2D eigenvalue weighted by Gasteiger charge is 2.20. The van der Waals surface area contributed by atoms with E-state index >= 15 is 0 Å². The summed E-state index contributed by atoms with van der Waals surface area (Å²) in [6.07, 6.45) is 50.5. The summed E-state index contributed by atoms with van der Waals surface area (Å²) >= 11 is 0. The molecular weight excluding hydrogens is 758 g/mol. The van der Waals surface area contributed by atoms with Crippen LogP contribution in [0.2, 0.25) is 0 Å². The SMILES string of the molecule is CCCCCC/C=C\C/C=C\CCCCCCCCOCC(COP(=O)([O-])OCC[N+](C)(C)C)OC(=O)CCCCCCCCCCCCCCCCCCCCCC. The number of carbonyl (C=O) groups is 1. The van der Waals surface area contributed by atoms with Gasteiger partial charge >= 0.3 is 5.97 Å². The molecule has 0 spiro atoms. The summed E-state index contributed by atoms with van der Waals surface area (Å²) in [5, 5.41) is 0. The molecule has 0 radical (unpaired) electrons. The number of nitrogens with zero attached hydrogens (tertiary/aromatic N) is 1. The van der Waals surface area contributed by atoms with Gasteiger partial charge in [0.15, 0.2) is 0 Å². The van der Waals surface area contributed by atoms with E-state index in [-0.39, 0.29) is 25.8 Å². The van der Waals surface area contributed by atoms with Crippen LogP contribution in [-0.2, 0) is 27.9 Å². The van der Waals surface area contributed by atoms with Crippen molar-refractivity contribution >= 4 is 13.8 Å². The third-order valence-electron chi connectivity index (χ3n) is 11.0. The van der Waals surface area contributed by atoms with Crippen LogP contribution in [0, 0.1) is 0 Å². The minimum Gasteiger partial charge on any atom is -0.756 e. The number of esters is 1. The lowest BCUT2D eigenvalue weighted by Crippen LogP contribution is -2.37. The van der Waals surface area contributed by atoms with Gasteiger partial charge in [-0.1, -0.05) is 205 Å². The van der Waals surface area contributed by atoms with Gasteiger partial charge in [0.25, 0.3) is 7.82 Å².